The average molecular weight is 290 g/mol. The molecular weight excluding hydrogens is 278 g/mol. The maximum atomic E-state index is 13.4. The van der Waals surface area contributed by atoms with E-state index in [9.17, 15) is 18.4 Å². The monoisotopic (exact) mass is 290 g/mol. The van der Waals surface area contributed by atoms with Crippen molar-refractivity contribution in [3.8, 4) is 18.4 Å². The lowest BCUT2D eigenvalue weighted by Gasteiger charge is -2.08. The summed E-state index contributed by atoms with van der Waals surface area (Å²) in [5, 5.41) is 11.1. The number of carbonyl (C=O) groups excluding carboxylic acids is 2. The number of terminal acetylenes is 1. The molecule has 0 radical (unpaired) electrons. The lowest BCUT2D eigenvalue weighted by molar-refractivity contribution is -0.131. The Balaban J connectivity index is 2.67. The molecule has 4 nitrogen and oxygen atoms in total. The van der Waals surface area contributed by atoms with Crippen molar-refractivity contribution in [2.45, 2.75) is 12.8 Å². The van der Waals surface area contributed by atoms with Crippen LogP contribution >= 0.6 is 0 Å². The standard InChI is InChI=1S/C15H12F2N2O2/c1-2-7-19-15(21)12(9-18)14(20)6-3-10-8-11(16)4-5-13(10)17/h1,4-5,8,12H,3,6-7H2,(H,19,21)/t12-/m1/s1. The molecule has 0 bridgehead atoms. The predicted molar refractivity (Wildman–Crippen MR) is 70.6 cm³/mol. The van der Waals surface area contributed by atoms with Crippen molar-refractivity contribution < 1.29 is 18.4 Å². The molecule has 108 valence electrons. The molecule has 1 atom stereocenters. The molecule has 1 amide bonds. The quantitative estimate of drug-likeness (QED) is 0.635. The molecule has 1 aromatic rings. The highest BCUT2D eigenvalue weighted by Gasteiger charge is 2.25. The summed E-state index contributed by atoms with van der Waals surface area (Å²) < 4.78 is 26.4. The molecule has 0 saturated heterocycles. The molecule has 0 aliphatic carbocycles. The first-order chi connectivity index (χ1) is 9.99. The minimum Gasteiger partial charge on any atom is -0.344 e. The van der Waals surface area contributed by atoms with Crippen molar-refractivity contribution in [1.82, 2.24) is 5.32 Å². The molecule has 1 rings (SSSR count). The molecule has 21 heavy (non-hydrogen) atoms. The summed E-state index contributed by atoms with van der Waals surface area (Å²) in [5.41, 5.74) is 0.0177. The smallest absolute Gasteiger partial charge is 0.245 e. The maximum Gasteiger partial charge on any atom is 0.245 e. The van der Waals surface area contributed by atoms with Crippen LogP contribution in [0.4, 0.5) is 8.78 Å². The number of carbonyl (C=O) groups is 2. The van der Waals surface area contributed by atoms with Gasteiger partial charge in [-0.05, 0) is 30.2 Å². The Morgan fingerprint density at radius 2 is 2.10 bits per heavy atom. The van der Waals surface area contributed by atoms with E-state index in [1.165, 1.54) is 0 Å². The summed E-state index contributed by atoms with van der Waals surface area (Å²) in [6.45, 7) is -0.0944. The Bertz CT molecular complexity index is 630. The van der Waals surface area contributed by atoms with E-state index in [0.29, 0.717) is 0 Å². The van der Waals surface area contributed by atoms with Gasteiger partial charge in [0.05, 0.1) is 12.6 Å². The van der Waals surface area contributed by atoms with Crippen molar-refractivity contribution in [2.24, 2.45) is 5.92 Å². The van der Waals surface area contributed by atoms with Crippen LogP contribution in [0.3, 0.4) is 0 Å². The SMILES string of the molecule is C#CCNC(=O)[C@H](C#N)C(=O)CCc1cc(F)ccc1F. The Morgan fingerprint density at radius 3 is 2.71 bits per heavy atom. The normalized spacial score (nSPS) is 11.0. The van der Waals surface area contributed by atoms with Gasteiger partial charge in [-0.1, -0.05) is 5.92 Å². The summed E-state index contributed by atoms with van der Waals surface area (Å²) in [5.74, 6) is -2.09. The molecular formula is C15H12F2N2O2. The molecule has 0 saturated carbocycles. The molecule has 1 aromatic carbocycles. The highest BCUT2D eigenvalue weighted by Crippen LogP contribution is 2.13. The van der Waals surface area contributed by atoms with Crippen LogP contribution < -0.4 is 5.32 Å². The van der Waals surface area contributed by atoms with E-state index in [0.717, 1.165) is 18.2 Å². The van der Waals surface area contributed by atoms with Crippen LogP contribution in [0.25, 0.3) is 0 Å². The van der Waals surface area contributed by atoms with Gasteiger partial charge in [0.2, 0.25) is 5.91 Å². The number of benzene rings is 1. The van der Waals surface area contributed by atoms with Gasteiger partial charge in [0.15, 0.2) is 11.7 Å². The number of nitrogens with zero attached hydrogens (tertiary/aromatic N) is 1. The van der Waals surface area contributed by atoms with E-state index >= 15 is 0 Å². The number of hydrogen-bond donors (Lipinski definition) is 1. The summed E-state index contributed by atoms with van der Waals surface area (Å²) in [6.07, 6.45) is 4.61. The molecule has 0 fully saturated rings. The Hall–Kier alpha value is -2.73. The van der Waals surface area contributed by atoms with E-state index in [1.807, 2.05) is 0 Å². The number of Topliss-reactive ketones (excluding diaryl/α,β-unsaturated/α-hetero) is 1. The van der Waals surface area contributed by atoms with Crippen LogP contribution in [0.5, 0.6) is 0 Å². The van der Waals surface area contributed by atoms with E-state index in [1.54, 1.807) is 6.07 Å². The van der Waals surface area contributed by atoms with E-state index < -0.39 is 29.2 Å². The van der Waals surface area contributed by atoms with Crippen molar-refractivity contribution in [3.05, 3.63) is 35.4 Å². The second-order valence-electron chi connectivity index (χ2n) is 4.19. The number of nitrogens with one attached hydrogen (secondary N) is 1. The van der Waals surface area contributed by atoms with Crippen molar-refractivity contribution >= 4 is 11.7 Å². The Kier molecular flexibility index (Phi) is 6.03. The van der Waals surface area contributed by atoms with Gasteiger partial charge < -0.3 is 5.32 Å². The van der Waals surface area contributed by atoms with Crippen molar-refractivity contribution in [1.29, 1.82) is 5.26 Å². The van der Waals surface area contributed by atoms with Gasteiger partial charge in [-0.3, -0.25) is 9.59 Å². The molecule has 0 aromatic heterocycles. The lowest BCUT2D eigenvalue weighted by atomic mass is 9.98. The third-order valence-corrected chi connectivity index (χ3v) is 2.73. The molecule has 0 aliphatic rings. The largest absolute Gasteiger partial charge is 0.344 e. The van der Waals surface area contributed by atoms with Gasteiger partial charge >= 0.3 is 0 Å². The van der Waals surface area contributed by atoms with Crippen LogP contribution in [0.2, 0.25) is 0 Å². The average Bonchev–Trinajstić information content (AvgIpc) is 2.46. The fraction of sp³-hybridized carbons (Fsp3) is 0.267. The molecule has 1 N–H and O–H groups in total. The van der Waals surface area contributed by atoms with Crippen LogP contribution in [0.15, 0.2) is 18.2 Å². The fourth-order valence-electron chi connectivity index (χ4n) is 1.65. The van der Waals surface area contributed by atoms with Gasteiger partial charge in [-0.15, -0.1) is 6.42 Å². The first-order valence-electron chi connectivity index (χ1n) is 6.07. The topological polar surface area (TPSA) is 70.0 Å². The first-order valence-corrected chi connectivity index (χ1v) is 6.07. The number of halogens is 2. The molecule has 0 spiro atoms. The molecule has 6 heteroatoms. The molecule has 0 unspecified atom stereocenters. The summed E-state index contributed by atoms with van der Waals surface area (Å²) >= 11 is 0. The second-order valence-corrected chi connectivity index (χ2v) is 4.19. The zero-order valence-electron chi connectivity index (χ0n) is 11.0. The highest BCUT2D eigenvalue weighted by atomic mass is 19.1. The number of aryl methyl sites for hydroxylation is 1. The highest BCUT2D eigenvalue weighted by molar-refractivity contribution is 6.04. The number of rotatable bonds is 6. The van der Waals surface area contributed by atoms with E-state index in [-0.39, 0.29) is 24.9 Å². The minimum absolute atomic E-state index is 0.0177. The summed E-state index contributed by atoms with van der Waals surface area (Å²) in [6, 6.07) is 4.47. The zero-order chi connectivity index (χ0) is 15.8. The van der Waals surface area contributed by atoms with Gasteiger partial charge in [0.25, 0.3) is 0 Å². The summed E-state index contributed by atoms with van der Waals surface area (Å²) in [7, 11) is 0. The molecule has 0 heterocycles. The van der Waals surface area contributed by atoms with E-state index in [2.05, 4.69) is 11.2 Å². The van der Waals surface area contributed by atoms with Crippen molar-refractivity contribution in [2.75, 3.05) is 6.54 Å². The van der Waals surface area contributed by atoms with Gasteiger partial charge in [0, 0.05) is 6.42 Å². The maximum absolute atomic E-state index is 13.4. The van der Waals surface area contributed by atoms with Crippen LogP contribution in [0, 0.1) is 41.2 Å². The van der Waals surface area contributed by atoms with E-state index in [4.69, 9.17) is 11.7 Å². The third-order valence-electron chi connectivity index (χ3n) is 2.73. The Morgan fingerprint density at radius 1 is 1.38 bits per heavy atom. The van der Waals surface area contributed by atoms with Gasteiger partial charge in [0.1, 0.15) is 11.6 Å². The zero-order valence-corrected chi connectivity index (χ0v) is 11.0. The minimum atomic E-state index is -1.50. The van der Waals surface area contributed by atoms with Crippen molar-refractivity contribution in [3.63, 3.8) is 0 Å². The first kappa shape index (κ1) is 16.3. The Labute approximate surface area is 120 Å². The number of amides is 1. The molecule has 0 aliphatic heterocycles. The van der Waals surface area contributed by atoms with Crippen LogP contribution in [-0.4, -0.2) is 18.2 Å². The van der Waals surface area contributed by atoms with Gasteiger partial charge in [-0.25, -0.2) is 8.78 Å². The van der Waals surface area contributed by atoms with Crippen LogP contribution in [0.1, 0.15) is 12.0 Å². The number of ketones is 1. The lowest BCUT2D eigenvalue weighted by Crippen LogP contribution is -2.34. The third kappa shape index (κ3) is 4.70. The summed E-state index contributed by atoms with van der Waals surface area (Å²) in [4.78, 5) is 23.3. The van der Waals surface area contributed by atoms with Gasteiger partial charge in [-0.2, -0.15) is 5.26 Å². The number of nitriles is 1. The number of hydrogen-bond acceptors (Lipinski definition) is 3. The fourth-order valence-corrected chi connectivity index (χ4v) is 1.65. The second kappa shape index (κ2) is 7.76. The van der Waals surface area contributed by atoms with Crippen LogP contribution in [-0.2, 0) is 16.0 Å². The predicted octanol–water partition coefficient (Wildman–Crippen LogP) is 1.36.